The van der Waals surface area contributed by atoms with Crippen molar-refractivity contribution in [3.8, 4) is 0 Å². The molecule has 0 saturated heterocycles. The van der Waals surface area contributed by atoms with Gasteiger partial charge in [0, 0.05) is 18.6 Å². The minimum Gasteiger partial charge on any atom is -0.456 e. The van der Waals surface area contributed by atoms with Crippen molar-refractivity contribution >= 4 is 34.2 Å². The average molecular weight is 414 g/mol. The van der Waals surface area contributed by atoms with Crippen LogP contribution in [-0.2, 0) is 20.7 Å². The fraction of sp³-hybridized carbons (Fsp3) is 0.158. The van der Waals surface area contributed by atoms with Gasteiger partial charge in [0.1, 0.15) is 11.6 Å². The summed E-state index contributed by atoms with van der Waals surface area (Å²) in [6, 6.07) is 9.40. The molecule has 0 aliphatic heterocycles. The van der Waals surface area contributed by atoms with Crippen LogP contribution in [0.3, 0.4) is 0 Å². The topological polar surface area (TPSA) is 144 Å². The zero-order valence-electron chi connectivity index (χ0n) is 15.4. The number of ether oxygens (including phenoxy) is 1. The van der Waals surface area contributed by atoms with Gasteiger partial charge in [-0.2, -0.15) is 0 Å². The van der Waals surface area contributed by atoms with Gasteiger partial charge in [-0.25, -0.2) is 9.37 Å². The van der Waals surface area contributed by atoms with Gasteiger partial charge in [-0.1, -0.05) is 12.1 Å². The van der Waals surface area contributed by atoms with Crippen LogP contribution < -0.4 is 10.9 Å². The number of non-ortho nitro benzene ring substituents is 1. The van der Waals surface area contributed by atoms with Gasteiger partial charge in [-0.3, -0.25) is 24.5 Å². The molecular formula is C19H15FN4O6. The number of para-hydroxylation sites is 1. The summed E-state index contributed by atoms with van der Waals surface area (Å²) in [5, 5.41) is 13.3. The molecule has 0 atom stereocenters. The average Bonchev–Trinajstić information content (AvgIpc) is 2.72. The van der Waals surface area contributed by atoms with Crippen molar-refractivity contribution in [3.05, 3.63) is 74.6 Å². The molecule has 0 saturated carbocycles. The van der Waals surface area contributed by atoms with Crippen LogP contribution in [0.5, 0.6) is 0 Å². The SMILES string of the molecule is O=C(COC(=O)CCc1nc2ccccc2c(=O)[nH]1)Nc1cc([N+](=O)[O-])ccc1F. The van der Waals surface area contributed by atoms with E-state index in [9.17, 15) is 28.9 Å². The quantitative estimate of drug-likeness (QED) is 0.342. The molecule has 2 N–H and O–H groups in total. The first-order chi connectivity index (χ1) is 14.3. The van der Waals surface area contributed by atoms with E-state index in [1.165, 1.54) is 0 Å². The zero-order valence-corrected chi connectivity index (χ0v) is 15.4. The highest BCUT2D eigenvalue weighted by molar-refractivity contribution is 5.93. The zero-order chi connectivity index (χ0) is 21.7. The van der Waals surface area contributed by atoms with Crippen LogP contribution in [0, 0.1) is 15.9 Å². The summed E-state index contributed by atoms with van der Waals surface area (Å²) in [6.45, 7) is -0.706. The molecule has 0 fully saturated rings. The second-order valence-electron chi connectivity index (χ2n) is 6.16. The number of nitro groups is 1. The Labute approximate surface area is 167 Å². The van der Waals surface area contributed by atoms with Crippen molar-refractivity contribution in [2.75, 3.05) is 11.9 Å². The highest BCUT2D eigenvalue weighted by Gasteiger charge is 2.15. The normalized spacial score (nSPS) is 10.6. The molecule has 11 heteroatoms. The number of H-pyrrole nitrogens is 1. The number of nitrogens with zero attached hydrogens (tertiary/aromatic N) is 2. The first-order valence-electron chi connectivity index (χ1n) is 8.71. The monoisotopic (exact) mass is 414 g/mol. The summed E-state index contributed by atoms with van der Waals surface area (Å²) in [5.74, 6) is -2.18. The Morgan fingerprint density at radius 1 is 1.23 bits per heavy atom. The van der Waals surface area contributed by atoms with Crippen LogP contribution in [-0.4, -0.2) is 33.4 Å². The second kappa shape index (κ2) is 8.90. The van der Waals surface area contributed by atoms with Crippen molar-refractivity contribution in [2.24, 2.45) is 0 Å². The van der Waals surface area contributed by atoms with Gasteiger partial charge in [-0.15, -0.1) is 0 Å². The number of hydrogen-bond donors (Lipinski definition) is 2. The second-order valence-corrected chi connectivity index (χ2v) is 6.16. The molecule has 2 aromatic carbocycles. The predicted molar refractivity (Wildman–Crippen MR) is 103 cm³/mol. The van der Waals surface area contributed by atoms with Crippen LogP contribution >= 0.6 is 0 Å². The number of aromatic amines is 1. The molecular weight excluding hydrogens is 399 g/mol. The molecule has 1 amide bonds. The lowest BCUT2D eigenvalue weighted by atomic mass is 10.2. The van der Waals surface area contributed by atoms with E-state index in [-0.39, 0.29) is 18.4 Å². The van der Waals surface area contributed by atoms with Gasteiger partial charge in [0.2, 0.25) is 0 Å². The smallest absolute Gasteiger partial charge is 0.306 e. The Bertz CT molecular complexity index is 1190. The number of fused-ring (bicyclic) bond motifs is 1. The molecule has 1 aromatic heterocycles. The van der Waals surface area contributed by atoms with Crippen LogP contribution in [0.2, 0.25) is 0 Å². The third kappa shape index (κ3) is 5.01. The summed E-state index contributed by atoms with van der Waals surface area (Å²) in [7, 11) is 0. The minimum absolute atomic E-state index is 0.0834. The molecule has 3 rings (SSSR count). The molecule has 0 aliphatic rings. The van der Waals surface area contributed by atoms with Gasteiger partial charge in [0.05, 0.1) is 27.9 Å². The molecule has 3 aromatic rings. The predicted octanol–water partition coefficient (Wildman–Crippen LogP) is 2.08. The highest BCUT2D eigenvalue weighted by Crippen LogP contribution is 2.21. The van der Waals surface area contributed by atoms with Crippen molar-refractivity contribution in [1.82, 2.24) is 9.97 Å². The molecule has 0 radical (unpaired) electrons. The van der Waals surface area contributed by atoms with E-state index in [4.69, 9.17) is 4.74 Å². The molecule has 10 nitrogen and oxygen atoms in total. The van der Waals surface area contributed by atoms with Crippen molar-refractivity contribution in [3.63, 3.8) is 0 Å². The maximum absolute atomic E-state index is 13.7. The number of esters is 1. The number of carbonyl (C=O) groups is 2. The third-order valence-corrected chi connectivity index (χ3v) is 4.03. The molecule has 0 aliphatic carbocycles. The van der Waals surface area contributed by atoms with Gasteiger partial charge in [-0.05, 0) is 18.2 Å². The Morgan fingerprint density at radius 3 is 2.77 bits per heavy atom. The van der Waals surface area contributed by atoms with Crippen molar-refractivity contribution < 1.29 is 23.6 Å². The van der Waals surface area contributed by atoms with Crippen LogP contribution in [0.4, 0.5) is 15.8 Å². The highest BCUT2D eigenvalue weighted by atomic mass is 19.1. The lowest BCUT2D eigenvalue weighted by molar-refractivity contribution is -0.384. The van der Waals surface area contributed by atoms with Gasteiger partial charge >= 0.3 is 5.97 Å². The van der Waals surface area contributed by atoms with Crippen LogP contribution in [0.1, 0.15) is 12.2 Å². The Hall–Kier alpha value is -4.15. The third-order valence-electron chi connectivity index (χ3n) is 4.03. The summed E-state index contributed by atoms with van der Waals surface area (Å²) in [6.07, 6.45) is -0.0697. The lowest BCUT2D eigenvalue weighted by Crippen LogP contribution is -2.22. The first kappa shape index (κ1) is 20.6. The number of carbonyl (C=O) groups excluding carboxylic acids is 2. The van der Waals surface area contributed by atoms with Crippen LogP contribution in [0.15, 0.2) is 47.3 Å². The number of hydrogen-bond acceptors (Lipinski definition) is 7. The van der Waals surface area contributed by atoms with E-state index in [1.807, 2.05) is 0 Å². The largest absolute Gasteiger partial charge is 0.456 e. The maximum atomic E-state index is 13.7. The molecule has 30 heavy (non-hydrogen) atoms. The van der Waals surface area contributed by atoms with Gasteiger partial charge in [0.15, 0.2) is 6.61 Å². The molecule has 154 valence electrons. The number of benzene rings is 2. The molecule has 0 spiro atoms. The Morgan fingerprint density at radius 2 is 2.00 bits per heavy atom. The number of nitro benzene ring substituents is 1. The van der Waals surface area contributed by atoms with Crippen LogP contribution in [0.25, 0.3) is 10.9 Å². The summed E-state index contributed by atoms with van der Waals surface area (Å²) in [4.78, 5) is 52.5. The number of halogens is 1. The maximum Gasteiger partial charge on any atom is 0.306 e. The summed E-state index contributed by atoms with van der Waals surface area (Å²) < 4.78 is 18.5. The molecule has 1 heterocycles. The minimum atomic E-state index is -0.869. The van der Waals surface area contributed by atoms with Crippen molar-refractivity contribution in [2.45, 2.75) is 12.8 Å². The number of amides is 1. The number of nitrogens with one attached hydrogen (secondary N) is 2. The van der Waals surface area contributed by atoms with E-state index in [0.717, 1.165) is 18.2 Å². The number of aromatic nitrogens is 2. The first-order valence-corrected chi connectivity index (χ1v) is 8.71. The molecule has 0 bridgehead atoms. The van der Waals surface area contributed by atoms with E-state index < -0.39 is 40.6 Å². The fourth-order valence-electron chi connectivity index (χ4n) is 2.60. The van der Waals surface area contributed by atoms with E-state index in [2.05, 4.69) is 15.3 Å². The van der Waals surface area contributed by atoms with E-state index in [0.29, 0.717) is 16.7 Å². The van der Waals surface area contributed by atoms with E-state index in [1.54, 1.807) is 24.3 Å². The number of anilines is 1. The Balaban J connectivity index is 1.52. The summed E-state index contributed by atoms with van der Waals surface area (Å²) >= 11 is 0. The standard InChI is InChI=1S/C19H15FN4O6/c20-13-6-5-11(24(28)29)9-15(13)22-17(25)10-30-18(26)8-7-16-21-14-4-2-1-3-12(14)19(27)23-16/h1-6,9H,7-8,10H2,(H,22,25)(H,21,23,27). The lowest BCUT2D eigenvalue weighted by Gasteiger charge is -2.07. The van der Waals surface area contributed by atoms with Crippen molar-refractivity contribution in [1.29, 1.82) is 0 Å². The van der Waals surface area contributed by atoms with Gasteiger partial charge < -0.3 is 15.0 Å². The summed E-state index contributed by atoms with van der Waals surface area (Å²) in [5.41, 5.74) is -0.644. The Kier molecular flexibility index (Phi) is 6.11. The molecule has 0 unspecified atom stereocenters. The fourth-order valence-corrected chi connectivity index (χ4v) is 2.60. The number of aryl methyl sites for hydroxylation is 1. The van der Waals surface area contributed by atoms with E-state index >= 15 is 0 Å². The van der Waals surface area contributed by atoms with Gasteiger partial charge in [0.25, 0.3) is 17.2 Å². The number of rotatable bonds is 7.